The molecular weight excluding hydrogens is 319 g/mol. The Morgan fingerprint density at radius 2 is 1.83 bits per heavy atom. The van der Waals surface area contributed by atoms with E-state index in [4.69, 9.17) is 16.3 Å². The summed E-state index contributed by atoms with van der Waals surface area (Å²) in [5.41, 5.74) is 1.77. The summed E-state index contributed by atoms with van der Waals surface area (Å²) in [6, 6.07) is 12.0. The van der Waals surface area contributed by atoms with Crippen LogP contribution in [0.3, 0.4) is 0 Å². The van der Waals surface area contributed by atoms with Gasteiger partial charge < -0.3 is 4.74 Å². The fourth-order valence-electron chi connectivity index (χ4n) is 1.66. The van der Waals surface area contributed by atoms with Crippen LogP contribution in [0.4, 0.5) is 4.39 Å². The Hall–Kier alpha value is -1.06. The molecule has 0 spiro atoms. The number of halogens is 3. The zero-order valence-electron chi connectivity index (χ0n) is 9.66. The van der Waals surface area contributed by atoms with Crippen LogP contribution >= 0.6 is 27.5 Å². The van der Waals surface area contributed by atoms with Gasteiger partial charge in [-0.15, -0.1) is 11.6 Å². The summed E-state index contributed by atoms with van der Waals surface area (Å²) in [5.74, 6) is 0.491. The SMILES string of the molecule is COc1ccc(C(Cl)c2ccc(F)cc2Br)cc1. The van der Waals surface area contributed by atoms with E-state index in [1.54, 1.807) is 13.2 Å². The van der Waals surface area contributed by atoms with E-state index in [0.29, 0.717) is 4.47 Å². The van der Waals surface area contributed by atoms with E-state index in [1.807, 2.05) is 24.3 Å². The first-order chi connectivity index (χ1) is 8.61. The van der Waals surface area contributed by atoms with Crippen LogP contribution in [0.1, 0.15) is 16.5 Å². The molecule has 1 unspecified atom stereocenters. The monoisotopic (exact) mass is 328 g/mol. The Balaban J connectivity index is 2.31. The Bertz CT molecular complexity index is 542. The van der Waals surface area contributed by atoms with E-state index in [2.05, 4.69) is 15.9 Å². The number of hydrogen-bond acceptors (Lipinski definition) is 1. The highest BCUT2D eigenvalue weighted by Crippen LogP contribution is 2.34. The summed E-state index contributed by atoms with van der Waals surface area (Å²) in [7, 11) is 1.61. The van der Waals surface area contributed by atoms with Gasteiger partial charge >= 0.3 is 0 Å². The molecule has 0 aromatic heterocycles. The molecule has 0 N–H and O–H groups in total. The van der Waals surface area contributed by atoms with E-state index in [0.717, 1.165) is 16.9 Å². The Labute approximate surface area is 119 Å². The minimum absolute atomic E-state index is 0.288. The first kappa shape index (κ1) is 13.4. The molecule has 0 aliphatic carbocycles. The van der Waals surface area contributed by atoms with Crippen LogP contribution in [0.5, 0.6) is 5.75 Å². The maximum atomic E-state index is 13.0. The average Bonchev–Trinajstić information content (AvgIpc) is 2.38. The molecular formula is C14H11BrClFO. The van der Waals surface area contributed by atoms with Gasteiger partial charge in [-0.1, -0.05) is 34.1 Å². The zero-order valence-corrected chi connectivity index (χ0v) is 12.0. The summed E-state index contributed by atoms with van der Waals surface area (Å²) < 4.78 is 18.8. The van der Waals surface area contributed by atoms with Gasteiger partial charge in [0.25, 0.3) is 0 Å². The molecule has 1 nitrogen and oxygen atoms in total. The minimum atomic E-state index is -0.328. The second-order valence-electron chi connectivity index (χ2n) is 3.80. The van der Waals surface area contributed by atoms with Gasteiger partial charge in [0.15, 0.2) is 0 Å². The Morgan fingerprint density at radius 1 is 1.17 bits per heavy atom. The Morgan fingerprint density at radius 3 is 2.39 bits per heavy atom. The van der Waals surface area contributed by atoms with Gasteiger partial charge in [-0.2, -0.15) is 0 Å². The van der Waals surface area contributed by atoms with Crippen molar-refractivity contribution in [3.05, 3.63) is 63.9 Å². The van der Waals surface area contributed by atoms with Crippen molar-refractivity contribution < 1.29 is 9.13 Å². The molecule has 18 heavy (non-hydrogen) atoms. The second-order valence-corrected chi connectivity index (χ2v) is 5.09. The van der Waals surface area contributed by atoms with Crippen LogP contribution in [0.15, 0.2) is 46.9 Å². The van der Waals surface area contributed by atoms with Crippen molar-refractivity contribution in [3.63, 3.8) is 0 Å². The molecule has 0 bridgehead atoms. The molecule has 0 saturated carbocycles. The standard InChI is InChI=1S/C14H11BrClFO/c1-18-11-5-2-9(3-6-11)14(16)12-7-4-10(17)8-13(12)15/h2-8,14H,1H3. The molecule has 2 aromatic carbocycles. The summed E-state index contributed by atoms with van der Waals surface area (Å²) in [5, 5.41) is -0.328. The van der Waals surface area contributed by atoms with E-state index >= 15 is 0 Å². The van der Waals surface area contributed by atoms with Crippen molar-refractivity contribution in [2.24, 2.45) is 0 Å². The Kier molecular flexibility index (Phi) is 4.25. The van der Waals surface area contributed by atoms with Gasteiger partial charge in [0.2, 0.25) is 0 Å². The molecule has 94 valence electrons. The molecule has 0 radical (unpaired) electrons. The normalized spacial score (nSPS) is 12.2. The third-order valence-corrected chi connectivity index (χ3v) is 3.82. The number of benzene rings is 2. The second kappa shape index (κ2) is 5.72. The minimum Gasteiger partial charge on any atom is -0.497 e. The van der Waals surface area contributed by atoms with Gasteiger partial charge in [0.1, 0.15) is 11.6 Å². The van der Waals surface area contributed by atoms with Crippen LogP contribution in [-0.2, 0) is 0 Å². The zero-order chi connectivity index (χ0) is 13.1. The highest BCUT2D eigenvalue weighted by molar-refractivity contribution is 9.10. The lowest BCUT2D eigenvalue weighted by atomic mass is 10.0. The highest BCUT2D eigenvalue weighted by Gasteiger charge is 2.14. The van der Waals surface area contributed by atoms with Crippen LogP contribution in [-0.4, -0.2) is 7.11 Å². The molecule has 1 atom stereocenters. The molecule has 2 rings (SSSR count). The number of ether oxygens (including phenoxy) is 1. The van der Waals surface area contributed by atoms with Gasteiger partial charge in [0.05, 0.1) is 12.5 Å². The first-order valence-electron chi connectivity index (χ1n) is 5.35. The molecule has 4 heteroatoms. The molecule has 0 aliphatic heterocycles. The fourth-order valence-corrected chi connectivity index (χ4v) is 2.71. The number of hydrogen-bond donors (Lipinski definition) is 0. The van der Waals surface area contributed by atoms with Gasteiger partial charge in [-0.05, 0) is 35.4 Å². The van der Waals surface area contributed by atoms with Crippen molar-refractivity contribution in [1.29, 1.82) is 0 Å². The third-order valence-electron chi connectivity index (χ3n) is 2.64. The topological polar surface area (TPSA) is 9.23 Å². The van der Waals surface area contributed by atoms with Crippen molar-refractivity contribution >= 4 is 27.5 Å². The molecule has 0 fully saturated rings. The van der Waals surface area contributed by atoms with E-state index in [-0.39, 0.29) is 11.2 Å². The maximum absolute atomic E-state index is 13.0. The molecule has 2 aromatic rings. The van der Waals surface area contributed by atoms with Gasteiger partial charge in [-0.25, -0.2) is 4.39 Å². The van der Waals surface area contributed by atoms with Crippen molar-refractivity contribution in [1.82, 2.24) is 0 Å². The lowest BCUT2D eigenvalue weighted by molar-refractivity contribution is 0.414. The summed E-state index contributed by atoms with van der Waals surface area (Å²) in [6.07, 6.45) is 0. The van der Waals surface area contributed by atoms with Crippen LogP contribution in [0, 0.1) is 5.82 Å². The lowest BCUT2D eigenvalue weighted by Gasteiger charge is -2.13. The van der Waals surface area contributed by atoms with Crippen molar-refractivity contribution in [2.45, 2.75) is 5.38 Å². The number of alkyl halides is 1. The van der Waals surface area contributed by atoms with E-state index in [1.165, 1.54) is 12.1 Å². The summed E-state index contributed by atoms with van der Waals surface area (Å²) in [4.78, 5) is 0. The molecule has 0 saturated heterocycles. The predicted octanol–water partition coefficient (Wildman–Crippen LogP) is 4.93. The van der Waals surface area contributed by atoms with Crippen LogP contribution < -0.4 is 4.74 Å². The fraction of sp³-hybridized carbons (Fsp3) is 0.143. The quantitative estimate of drug-likeness (QED) is 0.726. The van der Waals surface area contributed by atoms with Crippen LogP contribution in [0.25, 0.3) is 0 Å². The largest absolute Gasteiger partial charge is 0.497 e. The molecule has 0 aliphatic rings. The number of rotatable bonds is 3. The van der Waals surface area contributed by atoms with E-state index < -0.39 is 0 Å². The van der Waals surface area contributed by atoms with E-state index in [9.17, 15) is 4.39 Å². The van der Waals surface area contributed by atoms with Gasteiger partial charge in [-0.3, -0.25) is 0 Å². The summed E-state index contributed by atoms with van der Waals surface area (Å²) >= 11 is 9.72. The smallest absolute Gasteiger partial charge is 0.124 e. The lowest BCUT2D eigenvalue weighted by Crippen LogP contribution is -1.95. The van der Waals surface area contributed by atoms with Crippen molar-refractivity contribution in [2.75, 3.05) is 7.11 Å². The predicted molar refractivity (Wildman–Crippen MR) is 74.8 cm³/mol. The first-order valence-corrected chi connectivity index (χ1v) is 6.57. The number of methoxy groups -OCH3 is 1. The maximum Gasteiger partial charge on any atom is 0.124 e. The highest BCUT2D eigenvalue weighted by atomic mass is 79.9. The molecule has 0 heterocycles. The summed E-state index contributed by atoms with van der Waals surface area (Å²) in [6.45, 7) is 0. The molecule has 0 amide bonds. The van der Waals surface area contributed by atoms with Crippen LogP contribution in [0.2, 0.25) is 0 Å². The van der Waals surface area contributed by atoms with Crippen molar-refractivity contribution in [3.8, 4) is 5.75 Å². The third kappa shape index (κ3) is 2.85. The average molecular weight is 330 g/mol. The van der Waals surface area contributed by atoms with Gasteiger partial charge in [0, 0.05) is 4.47 Å².